The van der Waals surface area contributed by atoms with Gasteiger partial charge in [-0.25, -0.2) is 17.6 Å². The Balaban J connectivity index is 0. The molecule has 2 fully saturated rings. The number of carboxylic acid groups (broad SMARTS) is 4. The second kappa shape index (κ2) is 29.1. The zero-order valence-electron chi connectivity index (χ0n) is 27.3. The largest absolute Gasteiger partial charge is 2.00 e. The molecule has 2 saturated heterocycles. The number of ether oxygens (including phenoxy) is 2. The van der Waals surface area contributed by atoms with E-state index in [1.54, 1.807) is 0 Å². The van der Waals surface area contributed by atoms with Gasteiger partial charge in [-0.3, -0.25) is 0 Å². The second-order valence-electron chi connectivity index (χ2n) is 9.82. The van der Waals surface area contributed by atoms with Gasteiger partial charge in [0.15, 0.2) is 0 Å². The Kier molecular flexibility index (Phi) is 27.7. The molecule has 276 valence electrons. The van der Waals surface area contributed by atoms with Crippen LogP contribution in [0.2, 0.25) is 0 Å². The average molecular weight is 805 g/mol. The van der Waals surface area contributed by atoms with Gasteiger partial charge >= 0.3 is 34.7 Å². The molecule has 0 atom stereocenters. The first-order valence-electron chi connectivity index (χ1n) is 14.8. The summed E-state index contributed by atoms with van der Waals surface area (Å²) in [6, 6.07) is 17.9. The minimum atomic E-state index is -1.29. The number of carbonyl (C=O) groups excluding carboxylic acids is 4. The minimum Gasteiger partial charge on any atom is -0.545 e. The molecule has 2 heterocycles. The summed E-state index contributed by atoms with van der Waals surface area (Å²) in [6.45, 7) is 4.00. The zero-order chi connectivity index (χ0) is 37.3. The van der Waals surface area contributed by atoms with E-state index in [1.807, 2.05) is 0 Å². The van der Waals surface area contributed by atoms with Crippen LogP contribution in [0.5, 0.6) is 0 Å². The molecule has 0 aliphatic carbocycles. The number of aromatic carboxylic acids is 4. The number of halogens is 4. The van der Waals surface area contributed by atoms with Crippen molar-refractivity contribution in [3.63, 3.8) is 0 Å². The van der Waals surface area contributed by atoms with Crippen molar-refractivity contribution in [2.75, 3.05) is 26.4 Å². The Hall–Kier alpha value is -4.54. The first kappa shape index (κ1) is 49.6. The van der Waals surface area contributed by atoms with Crippen LogP contribution in [0.1, 0.15) is 67.1 Å². The van der Waals surface area contributed by atoms with E-state index in [0.717, 1.165) is 123 Å². The van der Waals surface area contributed by atoms with Crippen molar-refractivity contribution in [2.45, 2.75) is 25.7 Å². The summed E-state index contributed by atoms with van der Waals surface area (Å²) >= 11 is 0. The Morgan fingerprint density at radius 3 is 0.615 bits per heavy atom. The Labute approximate surface area is 318 Å². The van der Waals surface area contributed by atoms with Gasteiger partial charge in [-0.15, -0.1) is 0 Å². The molecule has 0 amide bonds. The summed E-state index contributed by atoms with van der Waals surface area (Å²) in [5.41, 5.74) is -0.0504. The predicted octanol–water partition coefficient (Wildman–Crippen LogP) is 2.35. The van der Waals surface area contributed by atoms with Crippen molar-refractivity contribution >= 4 is 23.9 Å². The van der Waals surface area contributed by atoms with E-state index < -0.39 is 47.1 Å². The molecule has 2 aliphatic heterocycles. The average Bonchev–Trinajstić information content (AvgIpc) is 3.87. The molecule has 0 unspecified atom stereocenters. The summed E-state index contributed by atoms with van der Waals surface area (Å²) in [7, 11) is 0. The standard InChI is InChI=1S/4C7H5FO2.2C4H8O.2Cr/c4*8-6-3-1-5(2-4-6)7(9)10;2*1-2-4-5-3-1;;/h4*1-4H,(H,9,10);2*1-4H2;;/q;;;;;;2*+2/p-4. The summed E-state index contributed by atoms with van der Waals surface area (Å²) in [6.07, 6.45) is 5.11. The van der Waals surface area contributed by atoms with E-state index >= 15 is 0 Å². The molecule has 0 aromatic heterocycles. The molecule has 4 aromatic carbocycles. The number of hydrogen-bond donors (Lipinski definition) is 0. The van der Waals surface area contributed by atoms with Crippen LogP contribution < -0.4 is 20.4 Å². The molecule has 0 bridgehead atoms. The topological polar surface area (TPSA) is 179 Å². The van der Waals surface area contributed by atoms with Crippen molar-refractivity contribution in [3.8, 4) is 0 Å². The zero-order valence-corrected chi connectivity index (χ0v) is 29.9. The van der Waals surface area contributed by atoms with Gasteiger partial charge in [0, 0.05) is 26.4 Å². The van der Waals surface area contributed by atoms with E-state index in [4.69, 9.17) is 9.47 Å². The van der Waals surface area contributed by atoms with Gasteiger partial charge < -0.3 is 49.1 Å². The number of benzene rings is 4. The van der Waals surface area contributed by atoms with Gasteiger partial charge in [0.05, 0.1) is 23.9 Å². The van der Waals surface area contributed by atoms with E-state index in [1.165, 1.54) is 25.7 Å². The van der Waals surface area contributed by atoms with Crippen molar-refractivity contribution < 1.29 is 101 Å². The van der Waals surface area contributed by atoms with Crippen LogP contribution in [-0.4, -0.2) is 50.3 Å². The van der Waals surface area contributed by atoms with Crippen molar-refractivity contribution in [1.82, 2.24) is 0 Å². The van der Waals surface area contributed by atoms with Gasteiger partial charge in [-0.05, 0) is 96.5 Å². The Bertz CT molecular complexity index is 1340. The van der Waals surface area contributed by atoms with Gasteiger partial charge in [0.25, 0.3) is 0 Å². The SMILES string of the molecule is C1CCOC1.C1CCOC1.O=C([O-])c1ccc(F)cc1.O=C([O-])c1ccc(F)cc1.O=C([O-])c1ccc(F)cc1.O=C([O-])c1ccc(F)cc1.[Cr+2].[Cr+2]. The van der Waals surface area contributed by atoms with Crippen LogP contribution in [0.15, 0.2) is 97.1 Å². The smallest absolute Gasteiger partial charge is 0.545 e. The molecule has 4 aromatic rings. The number of hydrogen-bond acceptors (Lipinski definition) is 10. The Morgan fingerprint density at radius 2 is 0.519 bits per heavy atom. The third kappa shape index (κ3) is 23.8. The molecule has 10 nitrogen and oxygen atoms in total. The van der Waals surface area contributed by atoms with Crippen LogP contribution in [0, 0.1) is 23.3 Å². The van der Waals surface area contributed by atoms with Gasteiger partial charge in [0.1, 0.15) is 23.3 Å². The quantitative estimate of drug-likeness (QED) is 0.278. The molecule has 6 rings (SSSR count). The molecule has 0 radical (unpaired) electrons. The van der Waals surface area contributed by atoms with Crippen LogP contribution in [0.3, 0.4) is 0 Å². The number of carboxylic acids is 4. The summed E-state index contributed by atoms with van der Waals surface area (Å²) in [5, 5.41) is 40.3. The maximum absolute atomic E-state index is 12.1. The summed E-state index contributed by atoms with van der Waals surface area (Å²) in [5.74, 6) is -6.98. The fourth-order valence-electron chi connectivity index (χ4n) is 3.36. The maximum atomic E-state index is 12.1. The third-order valence-corrected chi connectivity index (χ3v) is 5.97. The van der Waals surface area contributed by atoms with Gasteiger partial charge in [0.2, 0.25) is 0 Å². The van der Waals surface area contributed by atoms with Crippen LogP contribution in [0.25, 0.3) is 0 Å². The molecule has 0 saturated carbocycles. The van der Waals surface area contributed by atoms with Gasteiger partial charge in [-0.1, -0.05) is 48.5 Å². The van der Waals surface area contributed by atoms with E-state index in [2.05, 4.69) is 0 Å². The van der Waals surface area contributed by atoms with Gasteiger partial charge in [-0.2, -0.15) is 0 Å². The minimum absolute atomic E-state index is 0. The summed E-state index contributed by atoms with van der Waals surface area (Å²) < 4.78 is 58.4. The van der Waals surface area contributed by atoms with Crippen LogP contribution in [0.4, 0.5) is 17.6 Å². The predicted molar refractivity (Wildman–Crippen MR) is 163 cm³/mol. The van der Waals surface area contributed by atoms with E-state index in [0.29, 0.717) is 0 Å². The van der Waals surface area contributed by atoms with E-state index in [9.17, 15) is 57.2 Å². The molecular formula is C36H32Cr2F4O10. The first-order valence-corrected chi connectivity index (χ1v) is 14.8. The van der Waals surface area contributed by atoms with E-state index in [-0.39, 0.29) is 57.0 Å². The molecule has 52 heavy (non-hydrogen) atoms. The van der Waals surface area contributed by atoms with Crippen LogP contribution >= 0.6 is 0 Å². The number of rotatable bonds is 4. The Morgan fingerprint density at radius 1 is 0.365 bits per heavy atom. The monoisotopic (exact) mass is 804 g/mol. The fraction of sp³-hybridized carbons (Fsp3) is 0.222. The molecule has 2 aliphatic rings. The van der Waals surface area contributed by atoms with Crippen molar-refractivity contribution in [2.24, 2.45) is 0 Å². The molecular weight excluding hydrogens is 772 g/mol. The molecule has 0 spiro atoms. The third-order valence-electron chi connectivity index (χ3n) is 5.97. The number of carbonyl (C=O) groups is 4. The second-order valence-corrected chi connectivity index (χ2v) is 9.82. The maximum Gasteiger partial charge on any atom is 2.00 e. The van der Waals surface area contributed by atoms with Crippen molar-refractivity contribution in [3.05, 3.63) is 143 Å². The molecule has 16 heteroatoms. The van der Waals surface area contributed by atoms with Crippen LogP contribution in [-0.2, 0) is 44.2 Å². The first-order chi connectivity index (χ1) is 23.8. The normalized spacial score (nSPS) is 11.8. The van der Waals surface area contributed by atoms with Crippen molar-refractivity contribution in [1.29, 1.82) is 0 Å². The summed E-state index contributed by atoms with van der Waals surface area (Å²) in [4.78, 5) is 40.3. The molecule has 0 N–H and O–H groups in total. The fourth-order valence-corrected chi connectivity index (χ4v) is 3.36.